The smallest absolute Gasteiger partial charge is 0.165 e. The quantitative estimate of drug-likeness (QED) is 0.864. The van der Waals surface area contributed by atoms with Crippen molar-refractivity contribution in [2.75, 3.05) is 6.54 Å². The Hall–Kier alpha value is -1.87. The second kappa shape index (κ2) is 7.06. The van der Waals surface area contributed by atoms with E-state index in [4.69, 9.17) is 4.74 Å². The first-order valence-electron chi connectivity index (χ1n) is 6.86. The van der Waals surface area contributed by atoms with Crippen LogP contribution in [0.15, 0.2) is 42.5 Å². The summed E-state index contributed by atoms with van der Waals surface area (Å²) in [5.41, 5.74) is 3.16. The predicted octanol–water partition coefficient (Wildman–Crippen LogP) is 3.82. The van der Waals surface area contributed by atoms with Gasteiger partial charge in [0.05, 0.1) is 0 Å². The third-order valence-electron chi connectivity index (χ3n) is 3.09. The molecule has 0 aliphatic rings. The molecular formula is C17H20FNO. The van der Waals surface area contributed by atoms with Gasteiger partial charge in [0.1, 0.15) is 6.61 Å². The van der Waals surface area contributed by atoms with Crippen molar-refractivity contribution in [1.29, 1.82) is 0 Å². The minimum Gasteiger partial charge on any atom is -0.486 e. The maximum atomic E-state index is 13.9. The number of hydrogen-bond acceptors (Lipinski definition) is 2. The number of benzene rings is 2. The van der Waals surface area contributed by atoms with Gasteiger partial charge >= 0.3 is 0 Å². The Labute approximate surface area is 119 Å². The standard InChI is InChI=1S/C17H20FNO/c1-3-19-11-15-8-9-17(16(18)10-15)20-12-14-6-4-13(2)5-7-14/h4-10,19H,3,11-12H2,1-2H3. The van der Waals surface area contributed by atoms with Gasteiger partial charge < -0.3 is 10.1 Å². The van der Waals surface area contributed by atoms with Crippen molar-refractivity contribution in [3.05, 3.63) is 65.0 Å². The van der Waals surface area contributed by atoms with E-state index in [0.29, 0.717) is 18.9 Å². The van der Waals surface area contributed by atoms with Gasteiger partial charge in [-0.05, 0) is 36.7 Å². The predicted molar refractivity (Wildman–Crippen MR) is 79.3 cm³/mol. The van der Waals surface area contributed by atoms with E-state index in [-0.39, 0.29) is 5.82 Å². The van der Waals surface area contributed by atoms with Crippen LogP contribution in [0, 0.1) is 12.7 Å². The van der Waals surface area contributed by atoms with Crippen LogP contribution in [-0.4, -0.2) is 6.54 Å². The van der Waals surface area contributed by atoms with E-state index in [0.717, 1.165) is 17.7 Å². The molecule has 0 heterocycles. The molecule has 2 aromatic rings. The molecule has 0 aliphatic carbocycles. The van der Waals surface area contributed by atoms with Crippen LogP contribution in [0.1, 0.15) is 23.6 Å². The van der Waals surface area contributed by atoms with Crippen molar-refractivity contribution in [1.82, 2.24) is 5.32 Å². The Kier molecular flexibility index (Phi) is 5.13. The summed E-state index contributed by atoms with van der Waals surface area (Å²) in [6.07, 6.45) is 0. The van der Waals surface area contributed by atoms with Gasteiger partial charge in [0.2, 0.25) is 0 Å². The summed E-state index contributed by atoms with van der Waals surface area (Å²) >= 11 is 0. The van der Waals surface area contributed by atoms with Gasteiger partial charge in [-0.1, -0.05) is 42.8 Å². The Bertz CT molecular complexity index is 551. The molecule has 0 saturated heterocycles. The lowest BCUT2D eigenvalue weighted by Crippen LogP contribution is -2.11. The van der Waals surface area contributed by atoms with Crippen LogP contribution in [0.2, 0.25) is 0 Å². The zero-order valence-electron chi connectivity index (χ0n) is 11.9. The summed E-state index contributed by atoms with van der Waals surface area (Å²) in [5, 5.41) is 3.17. The highest BCUT2D eigenvalue weighted by molar-refractivity contribution is 5.30. The molecule has 20 heavy (non-hydrogen) atoms. The Morgan fingerprint density at radius 2 is 1.75 bits per heavy atom. The number of nitrogens with one attached hydrogen (secondary N) is 1. The van der Waals surface area contributed by atoms with E-state index < -0.39 is 0 Å². The number of ether oxygens (including phenoxy) is 1. The molecule has 0 amide bonds. The molecule has 0 atom stereocenters. The second-order valence-electron chi connectivity index (χ2n) is 4.82. The van der Waals surface area contributed by atoms with Gasteiger partial charge in [-0.25, -0.2) is 4.39 Å². The molecule has 1 N–H and O–H groups in total. The molecule has 2 nitrogen and oxygen atoms in total. The van der Waals surface area contributed by atoms with Crippen LogP contribution in [0.4, 0.5) is 4.39 Å². The highest BCUT2D eigenvalue weighted by atomic mass is 19.1. The SMILES string of the molecule is CCNCc1ccc(OCc2ccc(C)cc2)c(F)c1. The lowest BCUT2D eigenvalue weighted by atomic mass is 10.1. The van der Waals surface area contributed by atoms with Crippen LogP contribution in [0.3, 0.4) is 0 Å². The van der Waals surface area contributed by atoms with Gasteiger partial charge in [0, 0.05) is 6.54 Å². The average Bonchev–Trinajstić information content (AvgIpc) is 2.46. The normalized spacial score (nSPS) is 10.6. The zero-order valence-corrected chi connectivity index (χ0v) is 11.9. The Morgan fingerprint density at radius 3 is 2.40 bits per heavy atom. The number of hydrogen-bond donors (Lipinski definition) is 1. The summed E-state index contributed by atoms with van der Waals surface area (Å²) in [7, 11) is 0. The summed E-state index contributed by atoms with van der Waals surface area (Å²) < 4.78 is 19.4. The Balaban J connectivity index is 1.97. The fourth-order valence-electron chi connectivity index (χ4n) is 1.89. The molecule has 0 aromatic heterocycles. The first-order valence-corrected chi connectivity index (χ1v) is 6.86. The van der Waals surface area contributed by atoms with Crippen LogP contribution in [0.5, 0.6) is 5.75 Å². The van der Waals surface area contributed by atoms with Crippen LogP contribution in [-0.2, 0) is 13.2 Å². The van der Waals surface area contributed by atoms with Gasteiger partial charge in [0.15, 0.2) is 11.6 Å². The highest BCUT2D eigenvalue weighted by Crippen LogP contribution is 2.19. The topological polar surface area (TPSA) is 21.3 Å². The summed E-state index contributed by atoms with van der Waals surface area (Å²) in [4.78, 5) is 0. The maximum Gasteiger partial charge on any atom is 0.165 e. The molecule has 0 saturated carbocycles. The lowest BCUT2D eigenvalue weighted by molar-refractivity contribution is 0.290. The van der Waals surface area contributed by atoms with E-state index >= 15 is 0 Å². The molecule has 2 aromatic carbocycles. The summed E-state index contributed by atoms with van der Waals surface area (Å²) in [6, 6.07) is 13.1. The minimum atomic E-state index is -0.312. The molecule has 0 fully saturated rings. The van der Waals surface area contributed by atoms with Gasteiger partial charge in [-0.2, -0.15) is 0 Å². The van der Waals surface area contributed by atoms with Crippen molar-refractivity contribution in [3.63, 3.8) is 0 Å². The largest absolute Gasteiger partial charge is 0.486 e. The van der Waals surface area contributed by atoms with Crippen molar-refractivity contribution >= 4 is 0 Å². The van der Waals surface area contributed by atoms with E-state index in [2.05, 4.69) is 5.32 Å². The van der Waals surface area contributed by atoms with Crippen molar-refractivity contribution in [3.8, 4) is 5.75 Å². The summed E-state index contributed by atoms with van der Waals surface area (Å²) in [6.45, 7) is 5.98. The maximum absolute atomic E-state index is 13.9. The van der Waals surface area contributed by atoms with E-state index in [1.807, 2.05) is 44.2 Å². The molecule has 0 spiro atoms. The average molecular weight is 273 g/mol. The van der Waals surface area contributed by atoms with E-state index in [1.165, 1.54) is 11.6 Å². The van der Waals surface area contributed by atoms with Crippen molar-refractivity contribution < 1.29 is 9.13 Å². The lowest BCUT2D eigenvalue weighted by Gasteiger charge is -2.09. The van der Waals surface area contributed by atoms with Gasteiger partial charge in [0.25, 0.3) is 0 Å². The molecule has 0 bridgehead atoms. The Morgan fingerprint density at radius 1 is 1.05 bits per heavy atom. The third kappa shape index (κ3) is 4.07. The van der Waals surface area contributed by atoms with Crippen LogP contribution < -0.4 is 10.1 Å². The minimum absolute atomic E-state index is 0.297. The van der Waals surface area contributed by atoms with Crippen molar-refractivity contribution in [2.45, 2.75) is 27.0 Å². The molecule has 0 aliphatic heterocycles. The van der Waals surface area contributed by atoms with Crippen LogP contribution >= 0.6 is 0 Å². The van der Waals surface area contributed by atoms with Gasteiger partial charge in [-0.3, -0.25) is 0 Å². The summed E-state index contributed by atoms with van der Waals surface area (Å²) in [5.74, 6) is -0.0154. The van der Waals surface area contributed by atoms with Crippen LogP contribution in [0.25, 0.3) is 0 Å². The van der Waals surface area contributed by atoms with Crippen molar-refractivity contribution in [2.24, 2.45) is 0 Å². The molecule has 106 valence electrons. The zero-order chi connectivity index (χ0) is 14.4. The fourth-order valence-corrected chi connectivity index (χ4v) is 1.89. The molecule has 3 heteroatoms. The molecule has 2 rings (SSSR count). The van der Waals surface area contributed by atoms with E-state index in [9.17, 15) is 4.39 Å². The molecule has 0 unspecified atom stereocenters. The monoisotopic (exact) mass is 273 g/mol. The first-order chi connectivity index (χ1) is 9.69. The van der Waals surface area contributed by atoms with Gasteiger partial charge in [-0.15, -0.1) is 0 Å². The number of aryl methyl sites for hydroxylation is 1. The fraction of sp³-hybridized carbons (Fsp3) is 0.294. The third-order valence-corrected chi connectivity index (χ3v) is 3.09. The first kappa shape index (κ1) is 14.5. The van der Waals surface area contributed by atoms with E-state index in [1.54, 1.807) is 6.07 Å². The highest BCUT2D eigenvalue weighted by Gasteiger charge is 2.05. The number of rotatable bonds is 6. The second-order valence-corrected chi connectivity index (χ2v) is 4.82. The number of halogens is 1. The molecular weight excluding hydrogens is 253 g/mol. The molecule has 0 radical (unpaired) electrons.